The molecule has 1 spiro atoms. The molecule has 35 heavy (non-hydrogen) atoms. The summed E-state index contributed by atoms with van der Waals surface area (Å²) in [6.45, 7) is 5.40. The summed E-state index contributed by atoms with van der Waals surface area (Å²) in [5.41, 5.74) is 5.22. The number of nitrogens with zero attached hydrogens (tertiary/aromatic N) is 2. The molecule has 1 saturated carbocycles. The van der Waals surface area contributed by atoms with E-state index in [9.17, 15) is 4.39 Å². The molecule has 3 fully saturated rings. The minimum absolute atomic E-state index is 0.128. The first-order valence-corrected chi connectivity index (χ1v) is 13.6. The third-order valence-corrected chi connectivity index (χ3v) is 8.37. The zero-order chi connectivity index (χ0) is 23.7. The Labute approximate surface area is 208 Å². The number of rotatable bonds is 9. The Hall–Kier alpha value is -2.02. The van der Waals surface area contributed by atoms with E-state index in [1.54, 1.807) is 12.1 Å². The van der Waals surface area contributed by atoms with Gasteiger partial charge < -0.3 is 14.8 Å². The number of nitrogens with one attached hydrogen (secondary N) is 1. The molecule has 4 heterocycles. The Bertz CT molecular complexity index is 1040. The van der Waals surface area contributed by atoms with Crippen molar-refractivity contribution in [2.24, 2.45) is 5.41 Å². The third-order valence-electron chi connectivity index (χ3n) is 8.37. The predicted molar refractivity (Wildman–Crippen MR) is 135 cm³/mol. The second-order valence-corrected chi connectivity index (χ2v) is 11.2. The summed E-state index contributed by atoms with van der Waals surface area (Å²) in [5, 5.41) is 3.42. The highest BCUT2D eigenvalue weighted by atomic mass is 19.1. The summed E-state index contributed by atoms with van der Waals surface area (Å²) in [4.78, 5) is 7.21. The highest BCUT2D eigenvalue weighted by Crippen LogP contribution is 2.57. The largest absolute Gasteiger partial charge is 0.377 e. The second-order valence-electron chi connectivity index (χ2n) is 11.2. The molecule has 2 atom stereocenters. The van der Waals surface area contributed by atoms with E-state index < -0.39 is 0 Å². The van der Waals surface area contributed by atoms with Gasteiger partial charge in [-0.05, 0) is 98.1 Å². The maximum atomic E-state index is 14.1. The molecule has 1 aliphatic carbocycles. The number of unbranched alkanes of at least 4 members (excludes halogenated alkanes) is 1. The lowest BCUT2D eigenvalue weighted by Crippen LogP contribution is -2.24. The van der Waals surface area contributed by atoms with Crippen LogP contribution in [0, 0.1) is 11.2 Å². The standard InChI is InChI=1S/C29H38FN3O2/c30-23-7-9-26(27-17-29(11-12-29)20-35-27)22(16-23)18-33-14-10-25(19-33)34-15-2-1-5-24-8-6-21-4-3-13-31-28(21)32-24/h6-9,16,25,27H,1-5,10-15,17-20H2,(H,31,32). The van der Waals surface area contributed by atoms with Gasteiger partial charge in [-0.2, -0.15) is 0 Å². The van der Waals surface area contributed by atoms with Gasteiger partial charge in [0.2, 0.25) is 0 Å². The van der Waals surface area contributed by atoms with Crippen molar-refractivity contribution < 1.29 is 13.9 Å². The molecule has 6 heteroatoms. The Kier molecular flexibility index (Phi) is 6.78. The first kappa shape index (κ1) is 23.4. The number of hydrogen-bond acceptors (Lipinski definition) is 5. The summed E-state index contributed by atoms with van der Waals surface area (Å²) in [5.74, 6) is 0.933. The van der Waals surface area contributed by atoms with E-state index in [0.29, 0.717) is 5.41 Å². The number of hydrogen-bond donors (Lipinski definition) is 1. The lowest BCUT2D eigenvalue weighted by atomic mass is 9.95. The summed E-state index contributed by atoms with van der Waals surface area (Å²) < 4.78 is 26.5. The number of ether oxygens (including phenoxy) is 2. The fraction of sp³-hybridized carbons (Fsp3) is 0.621. The molecular weight excluding hydrogens is 441 g/mol. The van der Waals surface area contributed by atoms with Crippen LogP contribution in [0.4, 0.5) is 10.2 Å². The van der Waals surface area contributed by atoms with Gasteiger partial charge in [-0.25, -0.2) is 9.37 Å². The van der Waals surface area contributed by atoms with Crippen LogP contribution in [0.5, 0.6) is 0 Å². The molecule has 2 unspecified atom stereocenters. The summed E-state index contributed by atoms with van der Waals surface area (Å²) in [6.07, 6.45) is 10.6. The Balaban J connectivity index is 0.944. The highest BCUT2D eigenvalue weighted by molar-refractivity contribution is 5.47. The van der Waals surface area contributed by atoms with Gasteiger partial charge in [0.1, 0.15) is 11.6 Å². The minimum Gasteiger partial charge on any atom is -0.377 e. The van der Waals surface area contributed by atoms with Crippen LogP contribution in [-0.2, 0) is 28.9 Å². The monoisotopic (exact) mass is 479 g/mol. The SMILES string of the molecule is Fc1ccc(C2CC3(CC3)CO2)c(CN2CCC(OCCCCc3ccc4c(n3)NCCC4)C2)c1. The lowest BCUT2D eigenvalue weighted by molar-refractivity contribution is 0.0560. The zero-order valence-electron chi connectivity index (χ0n) is 20.7. The van der Waals surface area contributed by atoms with Crippen LogP contribution in [-0.4, -0.2) is 48.8 Å². The number of pyridine rings is 1. The van der Waals surface area contributed by atoms with E-state index in [1.165, 1.54) is 36.1 Å². The molecular formula is C29H38FN3O2. The van der Waals surface area contributed by atoms with Gasteiger partial charge in [-0.15, -0.1) is 0 Å². The molecule has 3 aliphatic heterocycles. The fourth-order valence-electron chi connectivity index (χ4n) is 6.02. The average molecular weight is 480 g/mol. The normalized spacial score (nSPS) is 25.1. The summed E-state index contributed by atoms with van der Waals surface area (Å²) in [6, 6.07) is 9.68. The molecule has 0 radical (unpaired) electrons. The Morgan fingerprint density at radius 1 is 1.20 bits per heavy atom. The lowest BCUT2D eigenvalue weighted by Gasteiger charge is -2.21. The van der Waals surface area contributed by atoms with Gasteiger partial charge in [-0.1, -0.05) is 12.1 Å². The number of aryl methyl sites for hydroxylation is 2. The van der Waals surface area contributed by atoms with Gasteiger partial charge in [0.25, 0.3) is 0 Å². The Morgan fingerprint density at radius 2 is 2.14 bits per heavy atom. The first-order chi connectivity index (χ1) is 17.2. The molecule has 6 rings (SSSR count). The van der Waals surface area contributed by atoms with Gasteiger partial charge >= 0.3 is 0 Å². The third kappa shape index (κ3) is 5.55. The van der Waals surface area contributed by atoms with Crippen LogP contribution in [0.1, 0.15) is 73.4 Å². The molecule has 2 aromatic rings. The number of likely N-dealkylation sites (tertiary alicyclic amines) is 1. The smallest absolute Gasteiger partial charge is 0.129 e. The van der Waals surface area contributed by atoms with Crippen molar-refractivity contribution in [1.29, 1.82) is 0 Å². The topological polar surface area (TPSA) is 46.6 Å². The van der Waals surface area contributed by atoms with Gasteiger partial charge in [0.15, 0.2) is 0 Å². The highest BCUT2D eigenvalue weighted by Gasteiger charge is 2.50. The van der Waals surface area contributed by atoms with Crippen LogP contribution in [0.3, 0.4) is 0 Å². The van der Waals surface area contributed by atoms with Crippen molar-refractivity contribution in [2.45, 2.75) is 76.5 Å². The van der Waals surface area contributed by atoms with Crippen molar-refractivity contribution in [2.75, 3.05) is 38.2 Å². The molecule has 0 bridgehead atoms. The van der Waals surface area contributed by atoms with Crippen LogP contribution in [0.15, 0.2) is 30.3 Å². The van der Waals surface area contributed by atoms with Crippen LogP contribution >= 0.6 is 0 Å². The summed E-state index contributed by atoms with van der Waals surface area (Å²) >= 11 is 0. The number of fused-ring (bicyclic) bond motifs is 1. The molecule has 0 amide bonds. The molecule has 188 valence electrons. The second kappa shape index (κ2) is 10.2. The minimum atomic E-state index is -0.154. The van der Waals surface area contributed by atoms with Crippen molar-refractivity contribution >= 4 is 5.82 Å². The average Bonchev–Trinajstić information content (AvgIpc) is 3.27. The number of anilines is 1. The maximum absolute atomic E-state index is 14.1. The molecule has 1 N–H and O–H groups in total. The van der Waals surface area contributed by atoms with Gasteiger partial charge in [0.05, 0.1) is 18.8 Å². The molecule has 1 aromatic heterocycles. The van der Waals surface area contributed by atoms with E-state index in [0.717, 1.165) is 89.3 Å². The first-order valence-electron chi connectivity index (χ1n) is 13.6. The molecule has 5 nitrogen and oxygen atoms in total. The van der Waals surface area contributed by atoms with E-state index in [2.05, 4.69) is 22.3 Å². The molecule has 1 aromatic carbocycles. The molecule has 2 saturated heterocycles. The predicted octanol–water partition coefficient (Wildman–Crippen LogP) is 5.43. The fourth-order valence-corrected chi connectivity index (χ4v) is 6.02. The van der Waals surface area contributed by atoms with Crippen molar-refractivity contribution in [3.63, 3.8) is 0 Å². The maximum Gasteiger partial charge on any atom is 0.129 e. The van der Waals surface area contributed by atoms with E-state index in [4.69, 9.17) is 14.5 Å². The van der Waals surface area contributed by atoms with Gasteiger partial charge in [0, 0.05) is 38.5 Å². The quantitative estimate of drug-likeness (QED) is 0.486. The van der Waals surface area contributed by atoms with Crippen LogP contribution in [0.25, 0.3) is 0 Å². The van der Waals surface area contributed by atoms with E-state index in [-0.39, 0.29) is 18.0 Å². The number of aromatic nitrogens is 1. The Morgan fingerprint density at radius 3 is 3.03 bits per heavy atom. The number of benzene rings is 1. The summed E-state index contributed by atoms with van der Waals surface area (Å²) in [7, 11) is 0. The number of halogens is 1. The molecule has 4 aliphatic rings. The van der Waals surface area contributed by atoms with E-state index in [1.807, 2.05) is 6.07 Å². The van der Waals surface area contributed by atoms with E-state index >= 15 is 0 Å². The van der Waals surface area contributed by atoms with Gasteiger partial charge in [-0.3, -0.25) is 4.90 Å². The van der Waals surface area contributed by atoms with Crippen molar-refractivity contribution in [3.05, 3.63) is 58.5 Å². The van der Waals surface area contributed by atoms with Crippen LogP contribution < -0.4 is 5.32 Å². The van der Waals surface area contributed by atoms with Crippen molar-refractivity contribution in [1.82, 2.24) is 9.88 Å². The van der Waals surface area contributed by atoms with Crippen molar-refractivity contribution in [3.8, 4) is 0 Å². The zero-order valence-corrected chi connectivity index (χ0v) is 20.7. The van der Waals surface area contributed by atoms with Crippen LogP contribution in [0.2, 0.25) is 0 Å².